The van der Waals surface area contributed by atoms with Crippen molar-refractivity contribution in [3.8, 4) is 11.5 Å². The molecule has 0 saturated heterocycles. The van der Waals surface area contributed by atoms with E-state index in [1.54, 1.807) is 38.5 Å². The predicted octanol–water partition coefficient (Wildman–Crippen LogP) is 3.20. The molecule has 1 aromatic heterocycles. The molecule has 0 radical (unpaired) electrons. The molecular weight excluding hydrogens is 354 g/mol. The van der Waals surface area contributed by atoms with Gasteiger partial charge in [-0.25, -0.2) is 4.79 Å². The summed E-state index contributed by atoms with van der Waals surface area (Å²) in [5.74, 6) is 0.321. The van der Waals surface area contributed by atoms with Gasteiger partial charge in [0.2, 0.25) is 0 Å². The summed E-state index contributed by atoms with van der Waals surface area (Å²) in [6.45, 7) is 1.46. The fraction of sp³-hybridized carbons (Fsp3) is 0.263. The van der Waals surface area contributed by atoms with E-state index < -0.39 is 11.9 Å². The first-order valence-electron chi connectivity index (χ1n) is 7.93. The normalized spacial score (nSPS) is 11.8. The minimum atomic E-state index is -0.569. The van der Waals surface area contributed by atoms with Crippen molar-refractivity contribution in [1.82, 2.24) is 5.32 Å². The Morgan fingerprint density at radius 1 is 1.23 bits per heavy atom. The lowest BCUT2D eigenvalue weighted by Gasteiger charge is -2.18. The molecule has 1 amide bonds. The Balaban J connectivity index is 1.88. The number of nitrogens with one attached hydrogen (secondary N) is 1. The molecule has 1 heterocycles. The molecule has 26 heavy (non-hydrogen) atoms. The van der Waals surface area contributed by atoms with Gasteiger partial charge in [-0.15, -0.1) is 11.3 Å². The third-order valence-corrected chi connectivity index (χ3v) is 4.39. The van der Waals surface area contributed by atoms with Crippen LogP contribution in [0.5, 0.6) is 11.5 Å². The zero-order chi connectivity index (χ0) is 18.9. The molecule has 7 heteroatoms. The highest BCUT2D eigenvalue weighted by molar-refractivity contribution is 7.10. The Morgan fingerprint density at radius 2 is 2.04 bits per heavy atom. The van der Waals surface area contributed by atoms with Gasteiger partial charge in [0.1, 0.15) is 11.5 Å². The van der Waals surface area contributed by atoms with E-state index in [2.05, 4.69) is 5.32 Å². The Hall–Kier alpha value is -2.80. The second-order valence-electron chi connectivity index (χ2n) is 5.35. The first-order valence-corrected chi connectivity index (χ1v) is 8.81. The molecule has 0 unspecified atom stereocenters. The number of carbonyl (C=O) groups is 2. The summed E-state index contributed by atoms with van der Waals surface area (Å²) >= 11 is 1.51. The molecule has 0 aliphatic rings. The molecule has 138 valence electrons. The largest absolute Gasteiger partial charge is 0.497 e. The van der Waals surface area contributed by atoms with Crippen LogP contribution in [-0.2, 0) is 14.3 Å². The molecule has 0 spiro atoms. The lowest BCUT2D eigenvalue weighted by molar-refractivity contribution is -0.144. The van der Waals surface area contributed by atoms with Crippen LogP contribution >= 0.6 is 11.3 Å². The fourth-order valence-corrected chi connectivity index (χ4v) is 2.88. The van der Waals surface area contributed by atoms with Crippen LogP contribution in [0.1, 0.15) is 23.4 Å². The SMILES string of the molecule is COc1ccc(OC)c([C@@H](C)NC(=O)COC(=O)/C=C/c2cccs2)c1. The van der Waals surface area contributed by atoms with Gasteiger partial charge in [0.15, 0.2) is 6.61 Å². The number of benzene rings is 1. The smallest absolute Gasteiger partial charge is 0.331 e. The second kappa shape index (κ2) is 9.62. The first-order chi connectivity index (χ1) is 12.5. The van der Waals surface area contributed by atoms with Crippen molar-refractivity contribution in [2.45, 2.75) is 13.0 Å². The Kier molecular flexibility index (Phi) is 7.23. The number of methoxy groups -OCH3 is 2. The molecule has 0 saturated carbocycles. The van der Waals surface area contributed by atoms with Crippen LogP contribution in [0.3, 0.4) is 0 Å². The first kappa shape index (κ1) is 19.5. The van der Waals surface area contributed by atoms with Gasteiger partial charge in [-0.3, -0.25) is 4.79 Å². The number of amides is 1. The Morgan fingerprint density at radius 3 is 2.69 bits per heavy atom. The number of thiophene rings is 1. The Labute approximate surface area is 156 Å². The van der Waals surface area contributed by atoms with Gasteiger partial charge in [-0.05, 0) is 42.6 Å². The maximum atomic E-state index is 12.0. The molecular formula is C19H21NO5S. The molecule has 0 aliphatic carbocycles. The Bertz CT molecular complexity index is 770. The summed E-state index contributed by atoms with van der Waals surface area (Å²) in [4.78, 5) is 24.6. The molecule has 1 atom stereocenters. The standard InChI is InChI=1S/C19H21NO5S/c1-13(16-11-14(23-2)6-8-17(16)24-3)20-18(21)12-25-19(22)9-7-15-5-4-10-26-15/h4-11,13H,12H2,1-3H3,(H,20,21)/b9-7+/t13-/m1/s1. The predicted molar refractivity (Wildman–Crippen MR) is 100 cm³/mol. The quantitative estimate of drug-likeness (QED) is 0.567. The van der Waals surface area contributed by atoms with Gasteiger partial charge >= 0.3 is 5.97 Å². The zero-order valence-corrected chi connectivity index (χ0v) is 15.7. The number of hydrogen-bond donors (Lipinski definition) is 1. The molecule has 2 rings (SSSR count). The average Bonchev–Trinajstić information content (AvgIpc) is 3.17. The summed E-state index contributed by atoms with van der Waals surface area (Å²) in [6, 6.07) is 8.76. The van der Waals surface area contributed by atoms with Crippen LogP contribution in [0, 0.1) is 0 Å². The topological polar surface area (TPSA) is 73.9 Å². The lowest BCUT2D eigenvalue weighted by Crippen LogP contribution is -2.31. The molecule has 1 aromatic carbocycles. The highest BCUT2D eigenvalue weighted by Gasteiger charge is 2.16. The highest BCUT2D eigenvalue weighted by atomic mass is 32.1. The number of hydrogen-bond acceptors (Lipinski definition) is 6. The van der Waals surface area contributed by atoms with Crippen LogP contribution in [0.2, 0.25) is 0 Å². The maximum Gasteiger partial charge on any atom is 0.331 e. The highest BCUT2D eigenvalue weighted by Crippen LogP contribution is 2.29. The van der Waals surface area contributed by atoms with Crippen LogP contribution in [0.15, 0.2) is 41.8 Å². The number of ether oxygens (including phenoxy) is 3. The van der Waals surface area contributed by atoms with Crippen LogP contribution in [0.4, 0.5) is 0 Å². The second-order valence-corrected chi connectivity index (χ2v) is 6.33. The van der Waals surface area contributed by atoms with E-state index in [1.165, 1.54) is 17.4 Å². The van der Waals surface area contributed by atoms with Gasteiger partial charge in [0.25, 0.3) is 5.91 Å². The lowest BCUT2D eigenvalue weighted by atomic mass is 10.1. The summed E-state index contributed by atoms with van der Waals surface area (Å²) in [7, 11) is 3.12. The van der Waals surface area contributed by atoms with Crippen LogP contribution in [-0.4, -0.2) is 32.7 Å². The van der Waals surface area contributed by atoms with E-state index in [1.807, 2.05) is 24.4 Å². The van der Waals surface area contributed by atoms with Crippen molar-refractivity contribution in [2.75, 3.05) is 20.8 Å². The third-order valence-electron chi connectivity index (χ3n) is 3.55. The van der Waals surface area contributed by atoms with E-state index in [0.29, 0.717) is 11.5 Å². The molecule has 0 fully saturated rings. The van der Waals surface area contributed by atoms with Gasteiger partial charge in [0, 0.05) is 16.5 Å². The van der Waals surface area contributed by atoms with E-state index in [0.717, 1.165) is 10.4 Å². The van der Waals surface area contributed by atoms with Gasteiger partial charge < -0.3 is 19.5 Å². The van der Waals surface area contributed by atoms with Crippen molar-refractivity contribution in [3.05, 3.63) is 52.2 Å². The monoisotopic (exact) mass is 375 g/mol. The molecule has 2 aromatic rings. The van der Waals surface area contributed by atoms with E-state index in [4.69, 9.17) is 14.2 Å². The molecule has 1 N–H and O–H groups in total. The third kappa shape index (κ3) is 5.63. The fourth-order valence-electron chi connectivity index (χ4n) is 2.26. The van der Waals surface area contributed by atoms with Gasteiger partial charge in [-0.1, -0.05) is 6.07 Å². The van der Waals surface area contributed by atoms with Crippen molar-refractivity contribution < 1.29 is 23.8 Å². The van der Waals surface area contributed by atoms with E-state index >= 15 is 0 Å². The molecule has 6 nitrogen and oxygen atoms in total. The van der Waals surface area contributed by atoms with Crippen molar-refractivity contribution in [1.29, 1.82) is 0 Å². The van der Waals surface area contributed by atoms with Crippen molar-refractivity contribution in [3.63, 3.8) is 0 Å². The summed E-state index contributed by atoms with van der Waals surface area (Å²) in [6.07, 6.45) is 2.95. The molecule has 0 aliphatic heterocycles. The van der Waals surface area contributed by atoms with Crippen LogP contribution in [0.25, 0.3) is 6.08 Å². The minimum Gasteiger partial charge on any atom is -0.497 e. The summed E-state index contributed by atoms with van der Waals surface area (Å²) in [5, 5.41) is 4.68. The average molecular weight is 375 g/mol. The number of carbonyl (C=O) groups excluding carboxylic acids is 2. The van der Waals surface area contributed by atoms with E-state index in [-0.39, 0.29) is 12.6 Å². The number of esters is 1. The van der Waals surface area contributed by atoms with Crippen molar-refractivity contribution >= 4 is 29.3 Å². The number of rotatable bonds is 8. The van der Waals surface area contributed by atoms with Crippen molar-refractivity contribution in [2.24, 2.45) is 0 Å². The zero-order valence-electron chi connectivity index (χ0n) is 14.9. The van der Waals surface area contributed by atoms with E-state index in [9.17, 15) is 9.59 Å². The summed E-state index contributed by atoms with van der Waals surface area (Å²) < 4.78 is 15.5. The minimum absolute atomic E-state index is 0.340. The van der Waals surface area contributed by atoms with Crippen LogP contribution < -0.4 is 14.8 Å². The summed E-state index contributed by atoms with van der Waals surface area (Å²) in [5.41, 5.74) is 0.768. The van der Waals surface area contributed by atoms with Gasteiger partial charge in [0.05, 0.1) is 20.3 Å². The maximum absolute atomic E-state index is 12.0. The molecule has 0 bridgehead atoms. The van der Waals surface area contributed by atoms with Gasteiger partial charge in [-0.2, -0.15) is 0 Å².